The van der Waals surface area contributed by atoms with E-state index < -0.39 is 5.91 Å². The van der Waals surface area contributed by atoms with Gasteiger partial charge in [-0.1, -0.05) is 47.4 Å². The zero-order chi connectivity index (χ0) is 19.3. The molecular formula is C18H17BrClN3O2S. The Labute approximate surface area is 170 Å². The van der Waals surface area contributed by atoms with E-state index in [0.29, 0.717) is 22.0 Å². The van der Waals surface area contributed by atoms with Gasteiger partial charge in [0.2, 0.25) is 5.91 Å². The molecular weight excluding hydrogens is 438 g/mol. The Morgan fingerprint density at radius 1 is 1.08 bits per heavy atom. The molecule has 0 saturated carbocycles. The number of anilines is 2. The normalized spacial score (nSPS) is 10.3. The van der Waals surface area contributed by atoms with Crippen LogP contribution in [-0.2, 0) is 4.79 Å². The van der Waals surface area contributed by atoms with Gasteiger partial charge >= 0.3 is 0 Å². The van der Waals surface area contributed by atoms with Gasteiger partial charge in [0.1, 0.15) is 0 Å². The third-order valence-corrected chi connectivity index (χ3v) is 4.34. The fourth-order valence-corrected chi connectivity index (χ4v) is 2.74. The number of thiocarbonyl (C=S) groups is 1. The molecule has 0 radical (unpaired) electrons. The molecule has 0 aromatic heterocycles. The molecule has 0 spiro atoms. The van der Waals surface area contributed by atoms with Crippen molar-refractivity contribution in [3.63, 3.8) is 0 Å². The Balaban J connectivity index is 2.02. The van der Waals surface area contributed by atoms with Crippen LogP contribution in [0, 0.1) is 5.92 Å². The highest BCUT2D eigenvalue weighted by Gasteiger charge is 2.13. The van der Waals surface area contributed by atoms with Gasteiger partial charge in [-0.15, -0.1) is 0 Å². The van der Waals surface area contributed by atoms with Gasteiger partial charge in [0, 0.05) is 21.8 Å². The molecule has 0 heterocycles. The van der Waals surface area contributed by atoms with Crippen LogP contribution in [-0.4, -0.2) is 16.9 Å². The van der Waals surface area contributed by atoms with Crippen molar-refractivity contribution in [1.82, 2.24) is 5.32 Å². The minimum absolute atomic E-state index is 0.0812. The monoisotopic (exact) mass is 453 g/mol. The molecule has 136 valence electrons. The lowest BCUT2D eigenvalue weighted by Gasteiger charge is -2.12. The van der Waals surface area contributed by atoms with Crippen molar-refractivity contribution in [1.29, 1.82) is 0 Å². The number of carbonyl (C=O) groups is 2. The number of halogens is 2. The summed E-state index contributed by atoms with van der Waals surface area (Å²) in [6.07, 6.45) is 0. The minimum Gasteiger partial charge on any atom is -0.332 e. The molecule has 2 amide bonds. The Morgan fingerprint density at radius 2 is 1.73 bits per heavy atom. The van der Waals surface area contributed by atoms with E-state index in [-0.39, 0.29) is 16.9 Å². The molecule has 2 aromatic carbocycles. The number of benzene rings is 2. The van der Waals surface area contributed by atoms with Crippen LogP contribution >= 0.6 is 39.7 Å². The summed E-state index contributed by atoms with van der Waals surface area (Å²) in [6.45, 7) is 3.63. The van der Waals surface area contributed by atoms with Crippen LogP contribution in [0.2, 0.25) is 5.02 Å². The summed E-state index contributed by atoms with van der Waals surface area (Å²) in [4.78, 5) is 24.1. The molecule has 0 aliphatic rings. The summed E-state index contributed by atoms with van der Waals surface area (Å²) in [6, 6.07) is 12.0. The van der Waals surface area contributed by atoms with E-state index in [1.807, 2.05) is 13.8 Å². The first-order valence-electron chi connectivity index (χ1n) is 7.74. The average Bonchev–Trinajstić information content (AvgIpc) is 2.57. The first-order chi connectivity index (χ1) is 12.3. The average molecular weight is 455 g/mol. The van der Waals surface area contributed by atoms with E-state index in [9.17, 15) is 9.59 Å². The molecule has 8 heteroatoms. The van der Waals surface area contributed by atoms with Crippen LogP contribution in [0.3, 0.4) is 0 Å². The highest BCUT2D eigenvalue weighted by molar-refractivity contribution is 9.10. The molecule has 0 aliphatic heterocycles. The molecule has 0 unspecified atom stereocenters. The lowest BCUT2D eigenvalue weighted by molar-refractivity contribution is -0.118. The highest BCUT2D eigenvalue weighted by Crippen LogP contribution is 2.21. The van der Waals surface area contributed by atoms with E-state index >= 15 is 0 Å². The van der Waals surface area contributed by atoms with Gasteiger partial charge in [0.05, 0.1) is 10.6 Å². The smallest absolute Gasteiger partial charge is 0.258 e. The van der Waals surface area contributed by atoms with Crippen LogP contribution in [0.15, 0.2) is 46.9 Å². The Bertz CT molecular complexity index is 858. The molecule has 0 saturated heterocycles. The molecule has 0 bridgehead atoms. The highest BCUT2D eigenvalue weighted by atomic mass is 79.9. The second kappa shape index (κ2) is 9.12. The van der Waals surface area contributed by atoms with Gasteiger partial charge in [-0.3, -0.25) is 14.9 Å². The Kier molecular flexibility index (Phi) is 7.14. The fraction of sp³-hybridized carbons (Fsp3) is 0.167. The molecule has 0 fully saturated rings. The fourth-order valence-electron chi connectivity index (χ4n) is 1.97. The Hall–Kier alpha value is -1.96. The third kappa shape index (κ3) is 5.79. The van der Waals surface area contributed by atoms with Crippen LogP contribution < -0.4 is 16.0 Å². The van der Waals surface area contributed by atoms with E-state index in [1.165, 1.54) is 0 Å². The van der Waals surface area contributed by atoms with Gasteiger partial charge in [-0.05, 0) is 48.6 Å². The largest absolute Gasteiger partial charge is 0.332 e. The van der Waals surface area contributed by atoms with Gasteiger partial charge in [-0.25, -0.2) is 0 Å². The number of rotatable bonds is 4. The topological polar surface area (TPSA) is 70.2 Å². The number of amides is 2. The Morgan fingerprint density at radius 3 is 2.38 bits per heavy atom. The van der Waals surface area contributed by atoms with Crippen LogP contribution in [0.1, 0.15) is 24.2 Å². The second-order valence-electron chi connectivity index (χ2n) is 5.76. The van der Waals surface area contributed by atoms with Crippen molar-refractivity contribution in [2.45, 2.75) is 13.8 Å². The maximum absolute atomic E-state index is 12.3. The maximum atomic E-state index is 12.3. The zero-order valence-electron chi connectivity index (χ0n) is 14.1. The molecule has 3 N–H and O–H groups in total. The van der Waals surface area contributed by atoms with Gasteiger partial charge in [0.25, 0.3) is 5.91 Å². The summed E-state index contributed by atoms with van der Waals surface area (Å²) >= 11 is 14.5. The minimum atomic E-state index is -0.418. The van der Waals surface area contributed by atoms with Gasteiger partial charge < -0.3 is 10.6 Å². The summed E-state index contributed by atoms with van der Waals surface area (Å²) in [7, 11) is 0. The molecule has 0 atom stereocenters. The van der Waals surface area contributed by atoms with E-state index in [1.54, 1.807) is 42.5 Å². The number of hydrogen-bond acceptors (Lipinski definition) is 3. The maximum Gasteiger partial charge on any atom is 0.258 e. The molecule has 0 aliphatic carbocycles. The van der Waals surface area contributed by atoms with Crippen LogP contribution in [0.25, 0.3) is 0 Å². The molecule has 2 aromatic rings. The van der Waals surface area contributed by atoms with Crippen LogP contribution in [0.5, 0.6) is 0 Å². The van der Waals surface area contributed by atoms with Crippen molar-refractivity contribution in [2.24, 2.45) is 5.92 Å². The third-order valence-electron chi connectivity index (χ3n) is 3.31. The lowest BCUT2D eigenvalue weighted by atomic mass is 10.2. The predicted octanol–water partition coefficient (Wildman–Crippen LogP) is 4.82. The van der Waals surface area contributed by atoms with E-state index in [2.05, 4.69) is 31.9 Å². The van der Waals surface area contributed by atoms with Crippen molar-refractivity contribution in [3.05, 3.63) is 57.5 Å². The number of carbonyl (C=O) groups excluding carboxylic acids is 2. The molecule has 5 nitrogen and oxygen atoms in total. The van der Waals surface area contributed by atoms with Crippen LogP contribution in [0.4, 0.5) is 11.4 Å². The van der Waals surface area contributed by atoms with Gasteiger partial charge in [-0.2, -0.15) is 0 Å². The summed E-state index contributed by atoms with van der Waals surface area (Å²) < 4.78 is 0.736. The van der Waals surface area contributed by atoms with Gasteiger partial charge in [0.15, 0.2) is 5.11 Å². The number of nitrogens with one attached hydrogen (secondary N) is 3. The van der Waals surface area contributed by atoms with Crippen molar-refractivity contribution >= 4 is 68.1 Å². The predicted molar refractivity (Wildman–Crippen MR) is 113 cm³/mol. The standard InChI is InChI=1S/C18H17BrClN3O2S/c1-10(2)16(24)21-12-4-3-5-13(9-12)22-18(26)23-17(25)14-8-11(19)6-7-15(14)20/h3-10H,1-2H3,(H,21,24)(H2,22,23,25,26). The molecule has 26 heavy (non-hydrogen) atoms. The number of hydrogen-bond donors (Lipinski definition) is 3. The first kappa shape index (κ1) is 20.4. The first-order valence-corrected chi connectivity index (χ1v) is 9.32. The van der Waals surface area contributed by atoms with Crippen molar-refractivity contribution in [3.8, 4) is 0 Å². The summed E-state index contributed by atoms with van der Waals surface area (Å²) in [5.74, 6) is -0.623. The molecule has 2 rings (SSSR count). The van der Waals surface area contributed by atoms with Crippen molar-refractivity contribution < 1.29 is 9.59 Å². The van der Waals surface area contributed by atoms with Crippen molar-refractivity contribution in [2.75, 3.05) is 10.6 Å². The second-order valence-corrected chi connectivity index (χ2v) is 7.49. The zero-order valence-corrected chi connectivity index (χ0v) is 17.3. The SMILES string of the molecule is CC(C)C(=O)Nc1cccc(NC(=S)NC(=O)c2cc(Br)ccc2Cl)c1. The van der Waals surface area contributed by atoms with E-state index in [0.717, 1.165) is 4.47 Å². The summed E-state index contributed by atoms with van der Waals surface area (Å²) in [5, 5.41) is 8.75. The van der Waals surface area contributed by atoms with E-state index in [4.69, 9.17) is 23.8 Å². The quantitative estimate of drug-likeness (QED) is 0.579. The summed E-state index contributed by atoms with van der Waals surface area (Å²) in [5.41, 5.74) is 1.58. The lowest BCUT2D eigenvalue weighted by Crippen LogP contribution is -2.34.